The Morgan fingerprint density at radius 1 is 0.891 bits per heavy atom. The number of benzene rings is 3. The molecule has 0 N–H and O–H groups in total. The van der Waals surface area contributed by atoms with Crippen LogP contribution >= 0.6 is 15.9 Å². The van der Waals surface area contributed by atoms with Gasteiger partial charge in [-0.3, -0.25) is 9.59 Å². The molecule has 0 aliphatic carbocycles. The summed E-state index contributed by atoms with van der Waals surface area (Å²) in [4.78, 5) is 29.0. The molecule has 7 nitrogen and oxygen atoms in total. The highest BCUT2D eigenvalue weighted by atomic mass is 79.9. The van der Waals surface area contributed by atoms with Gasteiger partial charge >= 0.3 is 0 Å². The van der Waals surface area contributed by atoms with Gasteiger partial charge in [0.2, 0.25) is 5.43 Å². The van der Waals surface area contributed by atoms with Crippen LogP contribution in [-0.4, -0.2) is 42.2 Å². The number of methoxy groups -OCH3 is 1. The summed E-state index contributed by atoms with van der Waals surface area (Å²) < 4.78 is 47.6. The number of carbonyl (C=O) groups is 1. The number of carbonyl (C=O) groups excluding carboxylic acids is 1. The third kappa shape index (κ3) is 8.87. The third-order valence-corrected chi connectivity index (χ3v) is 8.03. The first kappa shape index (κ1) is 34.9. The molecule has 0 spiro atoms. The number of amides is 1. The standard InChI is InChI=1S/C36H41BrF2N2O5/c1-5-40(27-17-25(38)16-26(39)18-27)36(43)33-23-41(28-19-30(44-4)21-31(20-28)46-24(2)3)34-22-29(12-13-32(34)35(33)42)45-15-11-9-7-6-8-10-14-37/h12-13,16-24H,5-11,14-15H2,1-4H3. The van der Waals surface area contributed by atoms with Crippen molar-refractivity contribution in [3.8, 4) is 22.9 Å². The lowest BCUT2D eigenvalue weighted by atomic mass is 10.1. The second kappa shape index (κ2) is 16.6. The molecule has 0 saturated carbocycles. The molecule has 1 amide bonds. The van der Waals surface area contributed by atoms with Crippen molar-refractivity contribution in [1.29, 1.82) is 0 Å². The van der Waals surface area contributed by atoms with E-state index in [4.69, 9.17) is 14.2 Å². The maximum Gasteiger partial charge on any atom is 0.263 e. The van der Waals surface area contributed by atoms with E-state index in [0.717, 1.165) is 42.8 Å². The van der Waals surface area contributed by atoms with Crippen LogP contribution in [0.3, 0.4) is 0 Å². The van der Waals surface area contributed by atoms with Crippen LogP contribution in [0.15, 0.2) is 65.6 Å². The fraction of sp³-hybridized carbons (Fsp3) is 0.389. The zero-order valence-electron chi connectivity index (χ0n) is 26.8. The van der Waals surface area contributed by atoms with Gasteiger partial charge in [0.25, 0.3) is 5.91 Å². The summed E-state index contributed by atoms with van der Waals surface area (Å²) in [6.07, 6.45) is 8.05. The van der Waals surface area contributed by atoms with Gasteiger partial charge in [-0.15, -0.1) is 0 Å². The van der Waals surface area contributed by atoms with Crippen molar-refractivity contribution in [3.05, 3.63) is 88.2 Å². The summed E-state index contributed by atoms with van der Waals surface area (Å²) in [5, 5.41) is 1.31. The molecule has 1 aromatic heterocycles. The van der Waals surface area contributed by atoms with Gasteiger partial charge in [0, 0.05) is 59.5 Å². The maximum absolute atomic E-state index is 14.1. The Kier molecular flexibility index (Phi) is 12.6. The summed E-state index contributed by atoms with van der Waals surface area (Å²) in [5.41, 5.74) is 0.425. The molecule has 0 saturated heterocycles. The number of hydrogen-bond acceptors (Lipinski definition) is 5. The second-order valence-electron chi connectivity index (χ2n) is 11.3. The normalized spacial score (nSPS) is 11.2. The number of aromatic nitrogens is 1. The molecule has 4 aromatic rings. The number of nitrogens with zero attached hydrogens (tertiary/aromatic N) is 2. The van der Waals surface area contributed by atoms with E-state index in [9.17, 15) is 18.4 Å². The van der Waals surface area contributed by atoms with Crippen LogP contribution in [0.2, 0.25) is 0 Å². The Bertz CT molecular complexity index is 1690. The molecular weight excluding hydrogens is 658 g/mol. The number of anilines is 1. The van der Waals surface area contributed by atoms with E-state index in [1.54, 1.807) is 55.0 Å². The quantitative estimate of drug-likeness (QED) is 0.0864. The first-order valence-electron chi connectivity index (χ1n) is 15.7. The Morgan fingerprint density at radius 3 is 2.22 bits per heavy atom. The van der Waals surface area contributed by atoms with E-state index >= 15 is 0 Å². The highest BCUT2D eigenvalue weighted by Gasteiger charge is 2.24. The molecule has 0 unspecified atom stereocenters. The maximum atomic E-state index is 14.1. The number of ether oxygens (including phenoxy) is 3. The van der Waals surface area contributed by atoms with Crippen LogP contribution in [0, 0.1) is 11.6 Å². The van der Waals surface area contributed by atoms with Crippen LogP contribution in [0.5, 0.6) is 17.2 Å². The molecule has 0 radical (unpaired) electrons. The number of hydrogen-bond donors (Lipinski definition) is 0. The molecule has 246 valence electrons. The van der Waals surface area contributed by atoms with Crippen LogP contribution in [0.25, 0.3) is 16.6 Å². The first-order chi connectivity index (χ1) is 22.1. The molecular formula is C36H41BrF2N2O5. The SMILES string of the molecule is CCN(C(=O)c1cn(-c2cc(OC)cc(OC(C)C)c2)c2cc(OCCCCCCCCBr)ccc2c1=O)c1cc(F)cc(F)c1. The zero-order chi connectivity index (χ0) is 33.2. The van der Waals surface area contributed by atoms with Crippen molar-refractivity contribution >= 4 is 38.4 Å². The fourth-order valence-corrected chi connectivity index (χ4v) is 5.69. The van der Waals surface area contributed by atoms with Gasteiger partial charge in [0.05, 0.1) is 31.0 Å². The monoisotopic (exact) mass is 698 g/mol. The molecule has 0 atom stereocenters. The predicted molar refractivity (Wildman–Crippen MR) is 183 cm³/mol. The molecule has 4 rings (SSSR count). The Labute approximate surface area is 277 Å². The minimum absolute atomic E-state index is 0.0110. The predicted octanol–water partition coefficient (Wildman–Crippen LogP) is 8.85. The van der Waals surface area contributed by atoms with E-state index in [-0.39, 0.29) is 29.3 Å². The van der Waals surface area contributed by atoms with Crippen molar-refractivity contribution < 1.29 is 27.8 Å². The van der Waals surface area contributed by atoms with Crippen molar-refractivity contribution in [2.75, 3.05) is 30.5 Å². The second-order valence-corrected chi connectivity index (χ2v) is 12.1. The van der Waals surface area contributed by atoms with Gasteiger partial charge in [-0.2, -0.15) is 0 Å². The van der Waals surface area contributed by atoms with E-state index in [1.807, 2.05) is 13.8 Å². The molecule has 46 heavy (non-hydrogen) atoms. The van der Waals surface area contributed by atoms with Gasteiger partial charge in [-0.1, -0.05) is 41.6 Å². The van der Waals surface area contributed by atoms with Crippen molar-refractivity contribution in [2.45, 2.75) is 65.4 Å². The van der Waals surface area contributed by atoms with Crippen LogP contribution in [-0.2, 0) is 0 Å². The van der Waals surface area contributed by atoms with E-state index in [0.29, 0.717) is 35.1 Å². The molecule has 0 fully saturated rings. The number of alkyl halides is 1. The lowest BCUT2D eigenvalue weighted by molar-refractivity contribution is 0.0987. The molecule has 0 bridgehead atoms. The number of pyridine rings is 1. The molecule has 0 aliphatic rings. The molecule has 0 aliphatic heterocycles. The van der Waals surface area contributed by atoms with Crippen LogP contribution < -0.4 is 24.5 Å². The smallest absolute Gasteiger partial charge is 0.263 e. The Balaban J connectivity index is 1.78. The summed E-state index contributed by atoms with van der Waals surface area (Å²) in [6.45, 7) is 6.10. The average molecular weight is 700 g/mol. The lowest BCUT2D eigenvalue weighted by Gasteiger charge is -2.23. The van der Waals surface area contributed by atoms with Gasteiger partial charge in [0.1, 0.15) is 34.4 Å². The number of unbranched alkanes of at least 4 members (excludes halogenated alkanes) is 5. The van der Waals surface area contributed by atoms with Crippen LogP contribution in [0.4, 0.5) is 14.5 Å². The number of fused-ring (bicyclic) bond motifs is 1. The van der Waals surface area contributed by atoms with Crippen molar-refractivity contribution in [1.82, 2.24) is 4.57 Å². The van der Waals surface area contributed by atoms with E-state index in [1.165, 1.54) is 30.4 Å². The molecule has 3 aromatic carbocycles. The summed E-state index contributed by atoms with van der Waals surface area (Å²) >= 11 is 3.47. The van der Waals surface area contributed by atoms with Gasteiger partial charge < -0.3 is 23.7 Å². The molecule has 1 heterocycles. The van der Waals surface area contributed by atoms with E-state index in [2.05, 4.69) is 15.9 Å². The third-order valence-electron chi connectivity index (χ3n) is 7.47. The van der Waals surface area contributed by atoms with Crippen LogP contribution in [0.1, 0.15) is 69.7 Å². The Hall–Kier alpha value is -3.92. The largest absolute Gasteiger partial charge is 0.497 e. The summed E-state index contributed by atoms with van der Waals surface area (Å²) in [7, 11) is 1.54. The number of halogens is 3. The highest BCUT2D eigenvalue weighted by Crippen LogP contribution is 2.30. The van der Waals surface area contributed by atoms with Crippen molar-refractivity contribution in [3.63, 3.8) is 0 Å². The van der Waals surface area contributed by atoms with Gasteiger partial charge in [-0.25, -0.2) is 8.78 Å². The minimum Gasteiger partial charge on any atom is -0.497 e. The molecule has 10 heteroatoms. The van der Waals surface area contributed by atoms with E-state index < -0.39 is 23.0 Å². The van der Waals surface area contributed by atoms with Gasteiger partial charge in [0.15, 0.2) is 0 Å². The van der Waals surface area contributed by atoms with Gasteiger partial charge in [-0.05, 0) is 57.9 Å². The first-order valence-corrected chi connectivity index (χ1v) is 16.8. The number of rotatable bonds is 16. The topological polar surface area (TPSA) is 70.0 Å². The zero-order valence-corrected chi connectivity index (χ0v) is 28.4. The van der Waals surface area contributed by atoms with Crippen molar-refractivity contribution in [2.24, 2.45) is 0 Å². The average Bonchev–Trinajstić information content (AvgIpc) is 3.01. The Morgan fingerprint density at radius 2 is 1.57 bits per heavy atom. The minimum atomic E-state index is -0.826. The summed E-state index contributed by atoms with van der Waals surface area (Å²) in [6, 6.07) is 13.3. The fourth-order valence-electron chi connectivity index (χ4n) is 5.29. The highest BCUT2D eigenvalue weighted by molar-refractivity contribution is 9.09. The lowest BCUT2D eigenvalue weighted by Crippen LogP contribution is -2.35. The summed E-state index contributed by atoms with van der Waals surface area (Å²) in [5.74, 6) is -0.696.